The standard InChI is InChI=1S/C19H17F3N6O6S3/c1-4-36(31,32)14-7-8-15(28-10-23-18(26-28)35(3,29)30)25-16(14)17-24-12-9-11(5-6-13(12)27(17)2)37(33,34)19(20,21)22/h5-10H,4H2,1-3H3. The Morgan fingerprint density at radius 3 is 2.22 bits per heavy atom. The first-order valence-corrected chi connectivity index (χ1v) is 15.1. The average Bonchev–Trinajstić information content (AvgIpc) is 3.43. The van der Waals surface area contributed by atoms with Gasteiger partial charge >= 0.3 is 5.51 Å². The zero-order valence-electron chi connectivity index (χ0n) is 19.2. The highest BCUT2D eigenvalue weighted by Gasteiger charge is 2.47. The molecule has 198 valence electrons. The Balaban J connectivity index is 1.97. The molecule has 3 aromatic heterocycles. The van der Waals surface area contributed by atoms with E-state index in [9.17, 15) is 38.4 Å². The molecule has 0 amide bonds. The molecular formula is C19H17F3N6O6S3. The van der Waals surface area contributed by atoms with E-state index in [2.05, 4.69) is 20.1 Å². The highest BCUT2D eigenvalue weighted by molar-refractivity contribution is 7.92. The molecule has 37 heavy (non-hydrogen) atoms. The molecule has 18 heteroatoms. The average molecular weight is 579 g/mol. The van der Waals surface area contributed by atoms with Gasteiger partial charge in [-0.05, 0) is 30.3 Å². The maximum atomic E-state index is 13.0. The summed E-state index contributed by atoms with van der Waals surface area (Å²) in [5.41, 5.74) is -5.70. The van der Waals surface area contributed by atoms with Gasteiger partial charge in [0.05, 0.1) is 26.6 Å². The number of sulfone groups is 3. The van der Waals surface area contributed by atoms with Crippen molar-refractivity contribution in [3.05, 3.63) is 36.7 Å². The SMILES string of the molecule is CCS(=O)(=O)c1ccc(-n2cnc(S(C)(=O)=O)n2)nc1-c1nc2cc(S(=O)(=O)C(F)(F)F)ccc2n1C. The molecule has 0 atom stereocenters. The molecule has 0 aliphatic rings. The van der Waals surface area contributed by atoms with Gasteiger partial charge in [0.25, 0.3) is 15.0 Å². The van der Waals surface area contributed by atoms with Crippen LogP contribution in [0.3, 0.4) is 0 Å². The van der Waals surface area contributed by atoms with Gasteiger partial charge in [0, 0.05) is 13.3 Å². The van der Waals surface area contributed by atoms with Gasteiger partial charge in [0.2, 0.25) is 9.84 Å². The molecule has 0 spiro atoms. The van der Waals surface area contributed by atoms with E-state index < -0.39 is 45.1 Å². The zero-order valence-corrected chi connectivity index (χ0v) is 21.6. The van der Waals surface area contributed by atoms with Crippen molar-refractivity contribution in [2.75, 3.05) is 12.0 Å². The van der Waals surface area contributed by atoms with Gasteiger partial charge in [0.15, 0.2) is 21.5 Å². The van der Waals surface area contributed by atoms with Crippen molar-refractivity contribution in [2.24, 2.45) is 7.05 Å². The Morgan fingerprint density at radius 2 is 1.65 bits per heavy atom. The smallest absolute Gasteiger partial charge is 0.326 e. The van der Waals surface area contributed by atoms with Crippen molar-refractivity contribution >= 4 is 40.5 Å². The van der Waals surface area contributed by atoms with Gasteiger partial charge in [-0.25, -0.2) is 44.9 Å². The maximum Gasteiger partial charge on any atom is 0.501 e. The van der Waals surface area contributed by atoms with Gasteiger partial charge in [-0.15, -0.1) is 5.10 Å². The van der Waals surface area contributed by atoms with Crippen LogP contribution in [-0.4, -0.2) is 72.1 Å². The molecule has 0 fully saturated rings. The third kappa shape index (κ3) is 4.59. The summed E-state index contributed by atoms with van der Waals surface area (Å²) >= 11 is 0. The van der Waals surface area contributed by atoms with Crippen LogP contribution in [0, 0.1) is 0 Å². The molecule has 0 radical (unpaired) electrons. The molecule has 0 aliphatic carbocycles. The van der Waals surface area contributed by atoms with Crippen molar-refractivity contribution in [1.82, 2.24) is 29.3 Å². The zero-order chi connectivity index (χ0) is 27.6. The van der Waals surface area contributed by atoms with E-state index in [-0.39, 0.29) is 39.0 Å². The van der Waals surface area contributed by atoms with Crippen LogP contribution in [-0.2, 0) is 36.6 Å². The largest absolute Gasteiger partial charge is 0.501 e. The van der Waals surface area contributed by atoms with E-state index >= 15 is 0 Å². The molecule has 4 rings (SSSR count). The monoisotopic (exact) mass is 578 g/mol. The van der Waals surface area contributed by atoms with Gasteiger partial charge in [-0.3, -0.25) is 0 Å². The van der Waals surface area contributed by atoms with Crippen molar-refractivity contribution < 1.29 is 38.4 Å². The van der Waals surface area contributed by atoms with Crippen LogP contribution in [0.2, 0.25) is 0 Å². The minimum Gasteiger partial charge on any atom is -0.326 e. The second-order valence-corrected chi connectivity index (χ2v) is 13.9. The molecular weight excluding hydrogens is 561 g/mol. The fourth-order valence-electron chi connectivity index (χ4n) is 3.35. The number of hydrogen-bond acceptors (Lipinski definition) is 10. The predicted molar refractivity (Wildman–Crippen MR) is 123 cm³/mol. The molecule has 3 heterocycles. The third-order valence-corrected chi connectivity index (χ3v) is 9.37. The van der Waals surface area contributed by atoms with Crippen molar-refractivity contribution in [2.45, 2.75) is 27.4 Å². The minimum absolute atomic E-state index is 0.0279. The van der Waals surface area contributed by atoms with Crippen LogP contribution in [0.4, 0.5) is 13.2 Å². The number of alkyl halides is 3. The summed E-state index contributed by atoms with van der Waals surface area (Å²) in [5, 5.41) is 3.33. The van der Waals surface area contributed by atoms with Crippen LogP contribution in [0.1, 0.15) is 6.92 Å². The molecule has 0 aliphatic heterocycles. The summed E-state index contributed by atoms with van der Waals surface area (Å²) < 4.78 is 114. The van der Waals surface area contributed by atoms with Crippen molar-refractivity contribution in [3.8, 4) is 17.3 Å². The van der Waals surface area contributed by atoms with E-state index in [4.69, 9.17) is 0 Å². The van der Waals surface area contributed by atoms with Crippen LogP contribution in [0.5, 0.6) is 0 Å². The Kier molecular flexibility index (Phi) is 6.19. The second-order valence-electron chi connectivity index (χ2n) is 7.76. The van der Waals surface area contributed by atoms with Gasteiger partial charge in [-0.2, -0.15) is 13.2 Å². The molecule has 0 N–H and O–H groups in total. The lowest BCUT2D eigenvalue weighted by molar-refractivity contribution is -0.0435. The Bertz CT molecular complexity index is 1880. The van der Waals surface area contributed by atoms with Crippen LogP contribution >= 0.6 is 0 Å². The summed E-state index contributed by atoms with van der Waals surface area (Å²) in [6.45, 7) is 1.39. The van der Waals surface area contributed by atoms with E-state index in [0.717, 1.165) is 35.5 Å². The molecule has 0 unspecified atom stereocenters. The molecule has 4 aromatic rings. The summed E-state index contributed by atoms with van der Waals surface area (Å²) in [4.78, 5) is 10.9. The second kappa shape index (κ2) is 8.59. The summed E-state index contributed by atoms with van der Waals surface area (Å²) in [6, 6.07) is 5.08. The first-order valence-electron chi connectivity index (χ1n) is 10.1. The Morgan fingerprint density at radius 1 is 0.973 bits per heavy atom. The number of halogens is 3. The van der Waals surface area contributed by atoms with Crippen LogP contribution < -0.4 is 0 Å². The van der Waals surface area contributed by atoms with Gasteiger partial charge < -0.3 is 4.57 Å². The van der Waals surface area contributed by atoms with E-state index in [1.54, 1.807) is 0 Å². The summed E-state index contributed by atoms with van der Waals surface area (Å²) in [5.74, 6) is -0.450. The Hall–Kier alpha value is -3.38. The number of hydrogen-bond donors (Lipinski definition) is 0. The molecule has 12 nitrogen and oxygen atoms in total. The number of imidazole rings is 1. The first kappa shape index (κ1) is 26.7. The third-order valence-electron chi connectivity index (χ3n) is 5.27. The molecule has 0 saturated carbocycles. The summed E-state index contributed by atoms with van der Waals surface area (Å²) in [7, 11) is -11.9. The first-order chi connectivity index (χ1) is 17.0. The van der Waals surface area contributed by atoms with Crippen molar-refractivity contribution in [3.63, 3.8) is 0 Å². The Labute approximate surface area is 208 Å². The fraction of sp³-hybridized carbons (Fsp3) is 0.263. The van der Waals surface area contributed by atoms with Crippen LogP contribution in [0.25, 0.3) is 28.4 Å². The minimum atomic E-state index is -5.65. The highest BCUT2D eigenvalue weighted by Crippen LogP contribution is 2.34. The predicted octanol–water partition coefficient (Wildman–Crippen LogP) is 1.71. The normalized spacial score (nSPS) is 13.4. The highest BCUT2D eigenvalue weighted by atomic mass is 32.2. The van der Waals surface area contributed by atoms with E-state index in [1.165, 1.54) is 30.7 Å². The number of aryl methyl sites for hydroxylation is 1. The molecule has 1 aromatic carbocycles. The molecule has 0 bridgehead atoms. The molecule has 0 saturated heterocycles. The lowest BCUT2D eigenvalue weighted by Crippen LogP contribution is -2.23. The van der Waals surface area contributed by atoms with Crippen LogP contribution in [0.15, 0.2) is 51.6 Å². The number of fused-ring (bicyclic) bond motifs is 1. The van der Waals surface area contributed by atoms with Crippen molar-refractivity contribution in [1.29, 1.82) is 0 Å². The number of aromatic nitrogens is 6. The summed E-state index contributed by atoms with van der Waals surface area (Å²) in [6.07, 6.45) is 1.95. The lowest BCUT2D eigenvalue weighted by Gasteiger charge is -2.11. The van der Waals surface area contributed by atoms with E-state index in [1.807, 2.05) is 0 Å². The van der Waals surface area contributed by atoms with E-state index in [0.29, 0.717) is 0 Å². The number of nitrogens with zero attached hydrogens (tertiary/aromatic N) is 6. The maximum absolute atomic E-state index is 13.0. The number of pyridine rings is 1. The number of rotatable bonds is 6. The lowest BCUT2D eigenvalue weighted by atomic mass is 10.3. The topological polar surface area (TPSA) is 164 Å². The fourth-order valence-corrected chi connectivity index (χ4v) is 5.62. The quantitative estimate of drug-likeness (QED) is 0.329. The van der Waals surface area contributed by atoms with Gasteiger partial charge in [0.1, 0.15) is 12.0 Å². The van der Waals surface area contributed by atoms with Gasteiger partial charge in [-0.1, -0.05) is 6.92 Å². The number of benzene rings is 1.